The van der Waals surface area contributed by atoms with Gasteiger partial charge in [-0.1, -0.05) is 42.5 Å². The predicted octanol–water partition coefficient (Wildman–Crippen LogP) is 5.59. The van der Waals surface area contributed by atoms with Gasteiger partial charge in [0.15, 0.2) is 5.78 Å². The molecule has 3 unspecified atom stereocenters. The number of fused-ring (bicyclic) bond motifs is 1. The summed E-state index contributed by atoms with van der Waals surface area (Å²) in [7, 11) is 1.62. The van der Waals surface area contributed by atoms with Gasteiger partial charge in [0.05, 0.1) is 25.7 Å². The number of Topliss-reactive ketones (excluding diaryl/α,β-unsaturated/α-hetero) is 3. The number of aliphatic hydroxyl groups excluding tert-OH is 2. The van der Waals surface area contributed by atoms with Crippen LogP contribution in [-0.2, 0) is 28.9 Å². The maximum atomic E-state index is 13.5. The number of ketones is 3. The highest BCUT2D eigenvalue weighted by Gasteiger charge is 2.35. The molecule has 1 aliphatic carbocycles. The number of phenolic OH excluding ortho intramolecular Hbond substituents is 1. The third kappa shape index (κ3) is 9.10. The summed E-state index contributed by atoms with van der Waals surface area (Å²) in [5.74, 6) is -1.51. The van der Waals surface area contributed by atoms with Gasteiger partial charge in [-0.25, -0.2) is 0 Å². The highest BCUT2D eigenvalue weighted by Crippen LogP contribution is 2.43. The van der Waals surface area contributed by atoms with E-state index in [4.69, 9.17) is 4.74 Å². The van der Waals surface area contributed by atoms with E-state index in [9.17, 15) is 29.7 Å². The number of carbonyl (C=O) groups excluding carboxylic acids is 3. The number of ether oxygens (including phenoxy) is 1. The average molecular weight is 623 g/mol. The van der Waals surface area contributed by atoms with Gasteiger partial charge in [0, 0.05) is 27.4 Å². The van der Waals surface area contributed by atoms with Gasteiger partial charge in [0.25, 0.3) is 0 Å². The zero-order chi connectivity index (χ0) is 31.6. The number of rotatable bonds is 16. The van der Waals surface area contributed by atoms with E-state index in [1.807, 2.05) is 18.2 Å². The Morgan fingerprint density at radius 3 is 2.31 bits per heavy atom. The molecule has 0 spiro atoms. The van der Waals surface area contributed by atoms with Crippen LogP contribution in [0.4, 0.5) is 0 Å². The minimum absolute atomic E-state index is 0. The molecule has 0 fully saturated rings. The van der Waals surface area contributed by atoms with E-state index < -0.39 is 12.5 Å². The van der Waals surface area contributed by atoms with Gasteiger partial charge in [-0.15, -0.1) is 0 Å². The first-order valence-electron chi connectivity index (χ1n) is 15.6. The fourth-order valence-corrected chi connectivity index (χ4v) is 6.69. The summed E-state index contributed by atoms with van der Waals surface area (Å²) in [4.78, 5) is 37.9. The van der Waals surface area contributed by atoms with Crippen molar-refractivity contribution in [2.24, 2.45) is 17.8 Å². The molecule has 1 aliphatic rings. The van der Waals surface area contributed by atoms with E-state index in [2.05, 4.69) is 36.4 Å². The molecular weight excluding hydrogens is 572 g/mol. The van der Waals surface area contributed by atoms with Crippen molar-refractivity contribution in [3.8, 4) is 22.6 Å². The number of methoxy groups -OCH3 is 1. The second kappa shape index (κ2) is 17.0. The van der Waals surface area contributed by atoms with Crippen LogP contribution in [0.2, 0.25) is 0 Å². The van der Waals surface area contributed by atoms with E-state index in [1.165, 1.54) is 12.5 Å². The molecule has 0 bridgehead atoms. The van der Waals surface area contributed by atoms with Gasteiger partial charge in [-0.2, -0.15) is 0 Å². The summed E-state index contributed by atoms with van der Waals surface area (Å²) in [6.07, 6.45) is 5.11. The largest absolute Gasteiger partial charge is 0.507 e. The Morgan fingerprint density at radius 2 is 1.67 bits per heavy atom. The van der Waals surface area contributed by atoms with Crippen LogP contribution < -0.4 is 4.74 Å². The molecule has 0 radical (unpaired) electrons. The number of benzene rings is 3. The molecule has 0 heterocycles. The number of hydrogen-bond acceptors (Lipinski definition) is 7. The molecule has 0 aromatic heterocycles. The topological polar surface area (TPSA) is 153 Å². The summed E-state index contributed by atoms with van der Waals surface area (Å²) in [5, 5.41) is 30.6. The Bertz CT molecular complexity index is 1460. The fraction of sp³-hybridized carbons (Fsp3) is 0.432. The van der Waals surface area contributed by atoms with Gasteiger partial charge in [0.2, 0.25) is 0 Å². The number of carbonyl (C=O) groups is 3. The molecule has 4 rings (SSSR count). The van der Waals surface area contributed by atoms with Crippen LogP contribution in [0, 0.1) is 17.8 Å². The van der Waals surface area contributed by atoms with Crippen molar-refractivity contribution in [1.82, 2.24) is 0 Å². The van der Waals surface area contributed by atoms with Gasteiger partial charge in [-0.05, 0) is 104 Å². The van der Waals surface area contributed by atoms with Crippen LogP contribution in [-0.4, -0.2) is 58.5 Å². The Kier molecular flexibility index (Phi) is 13.5. The Labute approximate surface area is 268 Å². The molecule has 0 saturated carbocycles. The van der Waals surface area contributed by atoms with Crippen LogP contribution in [0.15, 0.2) is 60.7 Å². The van der Waals surface area contributed by atoms with Crippen molar-refractivity contribution in [2.75, 3.05) is 20.3 Å². The first kappa shape index (κ1) is 35.6. The lowest BCUT2D eigenvalue weighted by Crippen LogP contribution is -2.32. The molecule has 0 aliphatic heterocycles. The Hall–Kier alpha value is -3.85. The SMILES string of the molecule is COc1ccc(CCCCc2ccccc2)cc1-c1ccc(O)c2c1CC(CC(CCO)C(CO)C(=O)CC(C)=O)CC2=O.O.[HH].[HH]. The highest BCUT2D eigenvalue weighted by molar-refractivity contribution is 6.03. The van der Waals surface area contributed by atoms with E-state index in [0.29, 0.717) is 24.2 Å². The number of aryl methyl sites for hydroxylation is 2. The minimum Gasteiger partial charge on any atom is -0.507 e. The first-order chi connectivity index (χ1) is 21.2. The van der Waals surface area contributed by atoms with Crippen molar-refractivity contribution in [3.63, 3.8) is 0 Å². The third-order valence-electron chi connectivity index (χ3n) is 8.85. The zero-order valence-electron chi connectivity index (χ0n) is 26.3. The summed E-state index contributed by atoms with van der Waals surface area (Å²) < 4.78 is 5.75. The average Bonchev–Trinajstić information content (AvgIpc) is 3.00. The molecule has 246 valence electrons. The van der Waals surface area contributed by atoms with Crippen molar-refractivity contribution < 1.29 is 42.8 Å². The van der Waals surface area contributed by atoms with Crippen LogP contribution in [0.25, 0.3) is 11.1 Å². The van der Waals surface area contributed by atoms with Crippen LogP contribution in [0.1, 0.15) is 75.4 Å². The quantitative estimate of drug-likeness (QED) is 0.139. The van der Waals surface area contributed by atoms with Crippen molar-refractivity contribution in [3.05, 3.63) is 82.9 Å². The third-order valence-corrected chi connectivity index (χ3v) is 8.85. The van der Waals surface area contributed by atoms with Gasteiger partial charge >= 0.3 is 0 Å². The molecule has 3 aromatic carbocycles. The molecule has 8 nitrogen and oxygen atoms in total. The molecule has 3 aromatic rings. The van der Waals surface area contributed by atoms with E-state index in [0.717, 1.165) is 47.9 Å². The normalized spacial score (nSPS) is 15.5. The van der Waals surface area contributed by atoms with E-state index in [1.54, 1.807) is 13.2 Å². The smallest absolute Gasteiger partial charge is 0.167 e. The molecule has 5 N–H and O–H groups in total. The van der Waals surface area contributed by atoms with E-state index >= 15 is 0 Å². The lowest BCUT2D eigenvalue weighted by molar-refractivity contribution is -0.131. The lowest BCUT2D eigenvalue weighted by atomic mass is 9.72. The molecule has 3 atom stereocenters. The van der Waals surface area contributed by atoms with Gasteiger partial charge in [-0.3, -0.25) is 14.4 Å². The second-order valence-corrected chi connectivity index (χ2v) is 12.1. The first-order valence-corrected chi connectivity index (χ1v) is 15.6. The predicted molar refractivity (Wildman–Crippen MR) is 178 cm³/mol. The maximum Gasteiger partial charge on any atom is 0.167 e. The standard InChI is InChI=1S/C37H44O7.H2O.2H2/c1-24(40)18-34(42)32(23-39)28(16-17-38)19-27-21-31-29(13-14-33(41)37(31)35(43)22-27)30-20-26(12-15-36(30)44-2)11-7-6-10-25-8-4-3-5-9-25;;;/h3-5,8-9,12-15,20,27-28,32,38-39,41H,6-7,10-11,16-19,21-23H2,1-2H3;1H2;2*1H. The Morgan fingerprint density at radius 1 is 0.956 bits per heavy atom. The monoisotopic (exact) mass is 622 g/mol. The van der Waals surface area contributed by atoms with Crippen LogP contribution >= 0.6 is 0 Å². The molecule has 45 heavy (non-hydrogen) atoms. The maximum absolute atomic E-state index is 13.5. The van der Waals surface area contributed by atoms with Crippen molar-refractivity contribution in [2.45, 2.75) is 64.7 Å². The number of aromatic hydroxyl groups is 1. The number of hydrogen-bond donors (Lipinski definition) is 3. The second-order valence-electron chi connectivity index (χ2n) is 12.1. The van der Waals surface area contributed by atoms with Crippen LogP contribution in [0.5, 0.6) is 11.5 Å². The summed E-state index contributed by atoms with van der Waals surface area (Å²) in [6.45, 7) is 0.745. The number of aliphatic hydroxyl groups is 2. The molecule has 0 amide bonds. The lowest BCUT2D eigenvalue weighted by Gasteiger charge is -2.32. The number of phenols is 1. The molecular formula is C37H50O8. The fourth-order valence-electron chi connectivity index (χ4n) is 6.69. The van der Waals surface area contributed by atoms with Crippen molar-refractivity contribution >= 4 is 17.3 Å². The summed E-state index contributed by atoms with van der Waals surface area (Å²) >= 11 is 0. The Balaban J connectivity index is 0.00000368. The van der Waals surface area contributed by atoms with E-state index in [-0.39, 0.29) is 69.1 Å². The van der Waals surface area contributed by atoms with Gasteiger partial charge < -0.3 is 25.5 Å². The summed E-state index contributed by atoms with van der Waals surface area (Å²) in [6, 6.07) is 20.0. The minimum atomic E-state index is -0.787. The molecule has 0 saturated heterocycles. The number of unbranched alkanes of at least 4 members (excludes halogenated alkanes) is 1. The summed E-state index contributed by atoms with van der Waals surface area (Å²) in [5.41, 5.74) is 5.22. The molecule has 8 heteroatoms. The van der Waals surface area contributed by atoms with Crippen molar-refractivity contribution in [1.29, 1.82) is 0 Å². The van der Waals surface area contributed by atoms with Gasteiger partial charge in [0.1, 0.15) is 23.1 Å². The highest BCUT2D eigenvalue weighted by atomic mass is 16.5. The zero-order valence-corrected chi connectivity index (χ0v) is 26.3. The van der Waals surface area contributed by atoms with Crippen LogP contribution in [0.3, 0.4) is 0 Å².